The highest BCUT2D eigenvalue weighted by molar-refractivity contribution is 7.89. The van der Waals surface area contributed by atoms with Crippen molar-refractivity contribution in [1.29, 1.82) is 0 Å². The number of hydrogen-bond acceptors (Lipinski definition) is 5. The lowest BCUT2D eigenvalue weighted by molar-refractivity contribution is -0.117. The highest BCUT2D eigenvalue weighted by Crippen LogP contribution is 2.17. The highest BCUT2D eigenvalue weighted by atomic mass is 32.2. The summed E-state index contributed by atoms with van der Waals surface area (Å²) in [5.74, 6) is -0.245. The van der Waals surface area contributed by atoms with Gasteiger partial charge in [-0.1, -0.05) is 6.07 Å². The molecule has 0 saturated carbocycles. The highest BCUT2D eigenvalue weighted by Gasteiger charge is 2.22. The molecule has 0 saturated heterocycles. The van der Waals surface area contributed by atoms with Crippen molar-refractivity contribution in [3.63, 3.8) is 0 Å². The molecule has 0 radical (unpaired) electrons. The number of nitrogens with one attached hydrogen (secondary N) is 3. The molecule has 2 aromatic rings. The fourth-order valence-corrected chi connectivity index (χ4v) is 3.44. The van der Waals surface area contributed by atoms with E-state index in [0.29, 0.717) is 17.1 Å². The summed E-state index contributed by atoms with van der Waals surface area (Å²) in [5.41, 5.74) is 0.952. The molecule has 27 heavy (non-hydrogen) atoms. The van der Waals surface area contributed by atoms with Gasteiger partial charge in [-0.15, -0.1) is 0 Å². The van der Waals surface area contributed by atoms with Gasteiger partial charge in [-0.2, -0.15) is 4.72 Å². The van der Waals surface area contributed by atoms with Crippen LogP contribution in [-0.2, 0) is 19.6 Å². The smallest absolute Gasteiger partial charge is 0.242 e. The minimum absolute atomic E-state index is 0.0237. The zero-order chi connectivity index (χ0) is 20.0. The molecule has 8 nitrogen and oxygen atoms in total. The molecule has 0 heterocycles. The van der Waals surface area contributed by atoms with Crippen LogP contribution < -0.4 is 20.1 Å². The summed E-state index contributed by atoms with van der Waals surface area (Å²) in [6.07, 6.45) is 0. The molecule has 0 unspecified atom stereocenters. The number of carbonyl (C=O) groups excluding carboxylic acids is 2. The van der Waals surface area contributed by atoms with E-state index >= 15 is 0 Å². The fraction of sp³-hybridized carbons (Fsp3) is 0.222. The lowest BCUT2D eigenvalue weighted by Gasteiger charge is -2.15. The van der Waals surface area contributed by atoms with Crippen molar-refractivity contribution in [2.45, 2.75) is 24.8 Å². The molecular formula is C18H21N3O5S. The van der Waals surface area contributed by atoms with Gasteiger partial charge in [0.05, 0.1) is 18.0 Å². The second kappa shape index (κ2) is 8.65. The third-order valence-corrected chi connectivity index (χ3v) is 5.10. The summed E-state index contributed by atoms with van der Waals surface area (Å²) in [7, 11) is -2.39. The Hall–Kier alpha value is -2.91. The molecule has 0 bridgehead atoms. The van der Waals surface area contributed by atoms with Crippen LogP contribution in [0.2, 0.25) is 0 Å². The molecule has 2 amide bonds. The van der Waals surface area contributed by atoms with Crippen LogP contribution in [0.3, 0.4) is 0 Å². The monoisotopic (exact) mass is 391 g/mol. The van der Waals surface area contributed by atoms with Gasteiger partial charge in [0.25, 0.3) is 0 Å². The van der Waals surface area contributed by atoms with Gasteiger partial charge < -0.3 is 15.4 Å². The van der Waals surface area contributed by atoms with Gasteiger partial charge in [0.1, 0.15) is 5.75 Å². The average Bonchev–Trinajstić information content (AvgIpc) is 2.61. The Morgan fingerprint density at radius 2 is 1.59 bits per heavy atom. The number of sulfonamides is 1. The van der Waals surface area contributed by atoms with E-state index in [1.807, 2.05) is 0 Å². The molecule has 0 aliphatic rings. The van der Waals surface area contributed by atoms with Gasteiger partial charge in [0.2, 0.25) is 21.8 Å². The van der Waals surface area contributed by atoms with Crippen molar-refractivity contribution >= 4 is 33.2 Å². The molecule has 0 spiro atoms. The van der Waals surface area contributed by atoms with E-state index < -0.39 is 22.0 Å². The topological polar surface area (TPSA) is 114 Å². The van der Waals surface area contributed by atoms with Crippen LogP contribution in [-0.4, -0.2) is 33.4 Å². The minimum Gasteiger partial charge on any atom is -0.497 e. The molecule has 144 valence electrons. The number of methoxy groups -OCH3 is 1. The van der Waals surface area contributed by atoms with Crippen molar-refractivity contribution in [3.8, 4) is 5.75 Å². The van der Waals surface area contributed by atoms with E-state index in [-0.39, 0.29) is 10.8 Å². The van der Waals surface area contributed by atoms with Crippen LogP contribution in [0.25, 0.3) is 0 Å². The molecule has 0 aliphatic heterocycles. The summed E-state index contributed by atoms with van der Waals surface area (Å²) in [5, 5.41) is 5.22. The number of hydrogen-bond donors (Lipinski definition) is 3. The van der Waals surface area contributed by atoms with Gasteiger partial charge >= 0.3 is 0 Å². The number of ether oxygens (including phenoxy) is 1. The Kier molecular flexibility index (Phi) is 6.54. The van der Waals surface area contributed by atoms with Gasteiger partial charge in [-0.25, -0.2) is 8.42 Å². The van der Waals surface area contributed by atoms with Gasteiger partial charge in [-0.05, 0) is 49.4 Å². The Bertz CT molecular complexity index is 926. The largest absolute Gasteiger partial charge is 0.497 e. The molecule has 9 heteroatoms. The normalized spacial score (nSPS) is 12.1. The van der Waals surface area contributed by atoms with Crippen LogP contribution in [0.1, 0.15) is 13.8 Å². The van der Waals surface area contributed by atoms with Crippen molar-refractivity contribution in [1.82, 2.24) is 4.72 Å². The maximum Gasteiger partial charge on any atom is 0.242 e. The zero-order valence-corrected chi connectivity index (χ0v) is 16.0. The quantitative estimate of drug-likeness (QED) is 0.668. The summed E-state index contributed by atoms with van der Waals surface area (Å²) in [4.78, 5) is 23.4. The van der Waals surface area contributed by atoms with Crippen LogP contribution >= 0.6 is 0 Å². The minimum atomic E-state index is -3.87. The Balaban J connectivity index is 2.05. The number of anilines is 2. The average molecular weight is 391 g/mol. The standard InChI is InChI=1S/C18H21N3O5S/c1-12(21-27(24,25)17-9-7-16(26-3)8-10-17)18(23)20-15-6-4-5-14(11-15)19-13(2)22/h4-12,21H,1-3H3,(H,19,22)(H,20,23)/t12-/m0/s1. The van der Waals surface area contributed by atoms with Gasteiger partial charge in [-0.3, -0.25) is 9.59 Å². The molecule has 0 fully saturated rings. The first-order valence-electron chi connectivity index (χ1n) is 8.06. The van der Waals surface area contributed by atoms with Crippen molar-refractivity contribution in [3.05, 3.63) is 48.5 Å². The number of rotatable bonds is 7. The van der Waals surface area contributed by atoms with Crippen LogP contribution in [0.15, 0.2) is 53.4 Å². The maximum absolute atomic E-state index is 12.4. The fourth-order valence-electron chi connectivity index (χ4n) is 2.24. The summed E-state index contributed by atoms with van der Waals surface area (Å²) in [6.45, 7) is 2.81. The lowest BCUT2D eigenvalue weighted by Crippen LogP contribution is -2.41. The summed E-state index contributed by atoms with van der Waals surface area (Å²) < 4.78 is 32.1. The number of carbonyl (C=O) groups is 2. The molecule has 0 aliphatic carbocycles. The van der Waals surface area contributed by atoms with Crippen LogP contribution in [0.4, 0.5) is 11.4 Å². The summed E-state index contributed by atoms with van der Waals surface area (Å²) in [6, 6.07) is 11.4. The Labute approximate surface area is 158 Å². The van der Waals surface area contributed by atoms with E-state index in [1.54, 1.807) is 24.3 Å². The maximum atomic E-state index is 12.4. The van der Waals surface area contributed by atoms with E-state index in [4.69, 9.17) is 4.74 Å². The second-order valence-corrected chi connectivity index (χ2v) is 7.48. The SMILES string of the molecule is COc1ccc(S(=O)(=O)N[C@@H](C)C(=O)Nc2cccc(NC(C)=O)c2)cc1. The van der Waals surface area contributed by atoms with Crippen molar-refractivity contribution < 1.29 is 22.7 Å². The molecule has 2 rings (SSSR count). The molecular weight excluding hydrogens is 370 g/mol. The van der Waals surface area contributed by atoms with Crippen LogP contribution in [0, 0.1) is 0 Å². The van der Waals surface area contributed by atoms with E-state index in [0.717, 1.165) is 0 Å². The first-order chi connectivity index (χ1) is 12.7. The van der Waals surface area contributed by atoms with Crippen molar-refractivity contribution in [2.75, 3.05) is 17.7 Å². The first kappa shape index (κ1) is 20.4. The summed E-state index contributed by atoms with van der Waals surface area (Å²) >= 11 is 0. The third kappa shape index (κ3) is 5.80. The third-order valence-electron chi connectivity index (χ3n) is 3.55. The van der Waals surface area contributed by atoms with Crippen LogP contribution in [0.5, 0.6) is 5.75 Å². The molecule has 0 aromatic heterocycles. The van der Waals surface area contributed by atoms with Crippen molar-refractivity contribution in [2.24, 2.45) is 0 Å². The Morgan fingerprint density at radius 3 is 2.15 bits per heavy atom. The molecule has 3 N–H and O–H groups in total. The second-order valence-electron chi connectivity index (χ2n) is 5.77. The molecule has 1 atom stereocenters. The predicted molar refractivity (Wildman–Crippen MR) is 102 cm³/mol. The molecule has 2 aromatic carbocycles. The van der Waals surface area contributed by atoms with Gasteiger partial charge in [0, 0.05) is 18.3 Å². The predicted octanol–water partition coefficient (Wildman–Crippen LogP) is 1.96. The number of benzene rings is 2. The first-order valence-corrected chi connectivity index (χ1v) is 9.54. The van der Waals surface area contributed by atoms with E-state index in [2.05, 4.69) is 15.4 Å². The Morgan fingerprint density at radius 1 is 1.00 bits per heavy atom. The van der Waals surface area contributed by atoms with E-state index in [1.165, 1.54) is 45.2 Å². The lowest BCUT2D eigenvalue weighted by atomic mass is 10.2. The number of amides is 2. The zero-order valence-electron chi connectivity index (χ0n) is 15.1. The van der Waals surface area contributed by atoms with E-state index in [9.17, 15) is 18.0 Å². The van der Waals surface area contributed by atoms with Gasteiger partial charge in [0.15, 0.2) is 0 Å².